The van der Waals surface area contributed by atoms with E-state index < -0.39 is 9.84 Å². The van der Waals surface area contributed by atoms with E-state index in [0.29, 0.717) is 12.0 Å². The number of nitrogens with one attached hydrogen (secondary N) is 1. The summed E-state index contributed by atoms with van der Waals surface area (Å²) in [5, 5.41) is 2.93. The minimum atomic E-state index is -3.06. The van der Waals surface area contributed by atoms with Gasteiger partial charge in [-0.05, 0) is 31.2 Å². The summed E-state index contributed by atoms with van der Waals surface area (Å²) in [6.07, 6.45) is 5.74. The van der Waals surface area contributed by atoms with Gasteiger partial charge in [0.1, 0.15) is 15.7 Å². The number of sulfone groups is 1. The van der Waals surface area contributed by atoms with Gasteiger partial charge in [-0.1, -0.05) is 31.0 Å². The molecule has 1 fully saturated rings. The van der Waals surface area contributed by atoms with Crippen LogP contribution in [0.25, 0.3) is 0 Å². The van der Waals surface area contributed by atoms with Crippen molar-refractivity contribution in [2.75, 3.05) is 12.0 Å². The number of halogens is 1. The Kier molecular flexibility index (Phi) is 6.16. The number of hydrogen-bond donors (Lipinski definition) is 1. The normalized spacial score (nSPS) is 17.1. The van der Waals surface area contributed by atoms with E-state index in [1.54, 1.807) is 18.2 Å². The first-order chi connectivity index (χ1) is 10.9. The van der Waals surface area contributed by atoms with Crippen LogP contribution in [-0.2, 0) is 14.6 Å². The summed E-state index contributed by atoms with van der Waals surface area (Å²) in [5.41, 5.74) is 0.524. The van der Waals surface area contributed by atoms with Crippen molar-refractivity contribution in [1.82, 2.24) is 5.32 Å². The van der Waals surface area contributed by atoms with Gasteiger partial charge in [0, 0.05) is 18.2 Å². The van der Waals surface area contributed by atoms with Gasteiger partial charge in [0.25, 0.3) is 0 Å². The number of hydrogen-bond acceptors (Lipinski definition) is 3. The molecule has 23 heavy (non-hydrogen) atoms. The fraction of sp³-hybridized carbons (Fsp3) is 0.588. The van der Waals surface area contributed by atoms with Crippen LogP contribution in [0.2, 0.25) is 0 Å². The fourth-order valence-corrected chi connectivity index (χ4v) is 3.88. The maximum absolute atomic E-state index is 14.1. The molecule has 1 saturated carbocycles. The lowest BCUT2D eigenvalue weighted by molar-refractivity contribution is -0.122. The van der Waals surface area contributed by atoms with E-state index in [2.05, 4.69) is 5.32 Å². The molecule has 0 radical (unpaired) electrons. The Morgan fingerprint density at radius 2 is 1.96 bits per heavy atom. The molecule has 1 aromatic carbocycles. The summed E-state index contributed by atoms with van der Waals surface area (Å²) >= 11 is 0. The number of rotatable bonds is 7. The fourth-order valence-electron chi connectivity index (χ4n) is 3.21. The standard InChI is InChI=1S/C17H24FNO3S/c1-23(21,22)12-6-11-16(20)19-17(13-7-2-3-8-13)14-9-4-5-10-15(14)18/h4-5,9-10,13,17H,2-3,6-8,11-12H2,1H3,(H,19,20)/t17-/m0/s1. The zero-order chi connectivity index (χ0) is 16.9. The summed E-state index contributed by atoms with van der Waals surface area (Å²) in [6, 6.07) is 6.21. The molecular formula is C17H24FNO3S. The monoisotopic (exact) mass is 341 g/mol. The van der Waals surface area contributed by atoms with E-state index in [9.17, 15) is 17.6 Å². The van der Waals surface area contributed by atoms with Crippen molar-refractivity contribution in [3.05, 3.63) is 35.6 Å². The molecule has 0 heterocycles. The van der Waals surface area contributed by atoms with Crippen molar-refractivity contribution in [1.29, 1.82) is 0 Å². The first-order valence-corrected chi connectivity index (χ1v) is 10.1. The number of amides is 1. The highest BCUT2D eigenvalue weighted by Crippen LogP contribution is 2.36. The average Bonchev–Trinajstić information content (AvgIpc) is 2.98. The summed E-state index contributed by atoms with van der Waals surface area (Å²) < 4.78 is 36.4. The Morgan fingerprint density at radius 1 is 1.30 bits per heavy atom. The molecule has 1 N–H and O–H groups in total. The molecule has 4 nitrogen and oxygen atoms in total. The predicted octanol–water partition coefficient (Wildman–Crippen LogP) is 3.00. The molecule has 1 aromatic rings. The van der Waals surface area contributed by atoms with E-state index in [4.69, 9.17) is 0 Å². The van der Waals surface area contributed by atoms with Crippen molar-refractivity contribution in [3.63, 3.8) is 0 Å². The molecule has 1 aliphatic rings. The maximum Gasteiger partial charge on any atom is 0.220 e. The molecular weight excluding hydrogens is 317 g/mol. The van der Waals surface area contributed by atoms with Crippen molar-refractivity contribution < 1.29 is 17.6 Å². The zero-order valence-corrected chi connectivity index (χ0v) is 14.2. The third-order valence-corrected chi connectivity index (χ3v) is 5.38. The lowest BCUT2D eigenvalue weighted by atomic mass is 9.91. The van der Waals surface area contributed by atoms with Gasteiger partial charge in [-0.25, -0.2) is 12.8 Å². The molecule has 0 spiro atoms. The molecule has 1 atom stereocenters. The molecule has 1 aliphatic carbocycles. The van der Waals surface area contributed by atoms with E-state index in [1.165, 1.54) is 6.07 Å². The van der Waals surface area contributed by atoms with Crippen LogP contribution in [0.4, 0.5) is 4.39 Å². The average molecular weight is 341 g/mol. The summed E-state index contributed by atoms with van der Waals surface area (Å²) in [7, 11) is -3.06. The quantitative estimate of drug-likeness (QED) is 0.829. The zero-order valence-electron chi connectivity index (χ0n) is 13.4. The van der Waals surface area contributed by atoms with Gasteiger partial charge in [0.15, 0.2) is 0 Å². The van der Waals surface area contributed by atoms with Crippen LogP contribution in [-0.4, -0.2) is 26.3 Å². The van der Waals surface area contributed by atoms with Crippen LogP contribution in [0.5, 0.6) is 0 Å². The van der Waals surface area contributed by atoms with Gasteiger partial charge in [-0.2, -0.15) is 0 Å². The third-order valence-electron chi connectivity index (χ3n) is 4.35. The second-order valence-corrected chi connectivity index (χ2v) is 8.60. The van der Waals surface area contributed by atoms with Gasteiger partial charge in [0.05, 0.1) is 11.8 Å². The molecule has 0 aromatic heterocycles. The Labute approximate surface area is 137 Å². The van der Waals surface area contributed by atoms with Crippen LogP contribution >= 0.6 is 0 Å². The van der Waals surface area contributed by atoms with Crippen molar-refractivity contribution in [2.45, 2.75) is 44.6 Å². The Bertz CT molecular complexity index is 639. The largest absolute Gasteiger partial charge is 0.349 e. The van der Waals surface area contributed by atoms with Crippen molar-refractivity contribution in [2.24, 2.45) is 5.92 Å². The van der Waals surface area contributed by atoms with Gasteiger partial charge in [-0.15, -0.1) is 0 Å². The van der Waals surface area contributed by atoms with E-state index in [0.717, 1.165) is 31.9 Å². The van der Waals surface area contributed by atoms with Gasteiger partial charge in [-0.3, -0.25) is 4.79 Å². The van der Waals surface area contributed by atoms with Crippen LogP contribution in [0.15, 0.2) is 24.3 Å². The van der Waals surface area contributed by atoms with E-state index >= 15 is 0 Å². The number of carbonyl (C=O) groups excluding carboxylic acids is 1. The second kappa shape index (κ2) is 7.90. The van der Waals surface area contributed by atoms with Gasteiger partial charge in [0.2, 0.25) is 5.91 Å². The summed E-state index contributed by atoms with van der Waals surface area (Å²) in [6.45, 7) is 0. The Balaban J connectivity index is 2.03. The number of carbonyl (C=O) groups is 1. The Morgan fingerprint density at radius 3 is 2.57 bits per heavy atom. The topological polar surface area (TPSA) is 63.2 Å². The van der Waals surface area contributed by atoms with Crippen LogP contribution in [0.1, 0.15) is 50.1 Å². The first kappa shape index (κ1) is 17.9. The highest BCUT2D eigenvalue weighted by atomic mass is 32.2. The minimum Gasteiger partial charge on any atom is -0.349 e. The highest BCUT2D eigenvalue weighted by molar-refractivity contribution is 7.90. The van der Waals surface area contributed by atoms with Gasteiger partial charge < -0.3 is 5.32 Å². The van der Waals surface area contributed by atoms with Crippen molar-refractivity contribution in [3.8, 4) is 0 Å². The smallest absolute Gasteiger partial charge is 0.220 e. The molecule has 0 saturated heterocycles. The molecule has 0 unspecified atom stereocenters. The van der Waals surface area contributed by atoms with Gasteiger partial charge >= 0.3 is 0 Å². The molecule has 6 heteroatoms. The van der Waals surface area contributed by atoms with E-state index in [1.807, 2.05) is 0 Å². The molecule has 2 rings (SSSR count). The van der Waals surface area contributed by atoms with Crippen LogP contribution in [0, 0.1) is 11.7 Å². The predicted molar refractivity (Wildman–Crippen MR) is 88.2 cm³/mol. The highest BCUT2D eigenvalue weighted by Gasteiger charge is 2.29. The third kappa shape index (κ3) is 5.61. The second-order valence-electron chi connectivity index (χ2n) is 6.34. The molecule has 128 valence electrons. The first-order valence-electron chi connectivity index (χ1n) is 8.08. The SMILES string of the molecule is CS(=O)(=O)CCCC(=O)N[C@H](c1ccccc1F)C1CCCC1. The lowest BCUT2D eigenvalue weighted by Gasteiger charge is -2.25. The van der Waals surface area contributed by atoms with E-state index in [-0.39, 0.29) is 35.9 Å². The molecule has 1 amide bonds. The molecule has 0 bridgehead atoms. The molecule has 0 aliphatic heterocycles. The van der Waals surface area contributed by atoms with Crippen LogP contribution < -0.4 is 5.32 Å². The van der Waals surface area contributed by atoms with Crippen molar-refractivity contribution >= 4 is 15.7 Å². The minimum absolute atomic E-state index is 0.00574. The lowest BCUT2D eigenvalue weighted by Crippen LogP contribution is -2.33. The summed E-state index contributed by atoms with van der Waals surface area (Å²) in [5.74, 6) is -0.283. The Hall–Kier alpha value is -1.43. The summed E-state index contributed by atoms with van der Waals surface area (Å²) in [4.78, 5) is 12.2. The number of benzene rings is 1. The van der Waals surface area contributed by atoms with Crippen LogP contribution in [0.3, 0.4) is 0 Å². The maximum atomic E-state index is 14.1.